The third kappa shape index (κ3) is 4.09. The number of methoxy groups -OCH3 is 1. The summed E-state index contributed by atoms with van der Waals surface area (Å²) in [6.07, 6.45) is 1.95. The van der Waals surface area contributed by atoms with Crippen LogP contribution in [0.15, 0.2) is 48.8 Å². The van der Waals surface area contributed by atoms with Crippen LogP contribution in [-0.2, 0) is 6.42 Å². The molecule has 0 saturated carbocycles. The van der Waals surface area contributed by atoms with E-state index in [0.29, 0.717) is 29.0 Å². The summed E-state index contributed by atoms with van der Waals surface area (Å²) in [5.41, 5.74) is 9.69. The third-order valence-electron chi connectivity index (χ3n) is 4.36. The van der Waals surface area contributed by atoms with Gasteiger partial charge >= 0.3 is 0 Å². The summed E-state index contributed by atoms with van der Waals surface area (Å²) in [5.74, 6) is -0.462. The van der Waals surface area contributed by atoms with Crippen LogP contribution in [0.1, 0.15) is 21.6 Å². The highest BCUT2D eigenvalue weighted by atomic mass is 19.1. The van der Waals surface area contributed by atoms with Crippen molar-refractivity contribution >= 4 is 11.6 Å². The van der Waals surface area contributed by atoms with Crippen molar-refractivity contribution in [3.63, 3.8) is 0 Å². The molecule has 0 radical (unpaired) electrons. The molecular formula is C21H21FN4O2. The van der Waals surface area contributed by atoms with E-state index >= 15 is 0 Å². The first kappa shape index (κ1) is 19.3. The summed E-state index contributed by atoms with van der Waals surface area (Å²) >= 11 is 0. The van der Waals surface area contributed by atoms with E-state index in [-0.39, 0.29) is 5.82 Å². The minimum Gasteiger partial charge on any atom is -0.496 e. The number of nitrogens with zero attached hydrogens (tertiary/aromatic N) is 3. The fourth-order valence-corrected chi connectivity index (χ4v) is 3.01. The number of carbonyl (C=O) groups is 1. The fraction of sp³-hybridized carbons (Fsp3) is 0.190. The van der Waals surface area contributed by atoms with E-state index < -0.39 is 5.91 Å². The van der Waals surface area contributed by atoms with Crippen molar-refractivity contribution in [2.45, 2.75) is 6.42 Å². The molecule has 1 heterocycles. The second kappa shape index (κ2) is 8.04. The van der Waals surface area contributed by atoms with Gasteiger partial charge in [-0.25, -0.2) is 14.4 Å². The van der Waals surface area contributed by atoms with Gasteiger partial charge in [-0.2, -0.15) is 0 Å². The summed E-state index contributed by atoms with van der Waals surface area (Å²) in [7, 11) is 5.19. The molecule has 6 nitrogen and oxygen atoms in total. The zero-order chi connectivity index (χ0) is 20.3. The van der Waals surface area contributed by atoms with Crippen LogP contribution in [0.3, 0.4) is 0 Å². The van der Waals surface area contributed by atoms with Crippen molar-refractivity contribution < 1.29 is 13.9 Å². The number of hydrogen-bond donors (Lipinski definition) is 1. The molecule has 28 heavy (non-hydrogen) atoms. The number of rotatable bonds is 6. The molecule has 0 aliphatic rings. The van der Waals surface area contributed by atoms with Gasteiger partial charge in [0.2, 0.25) is 0 Å². The highest BCUT2D eigenvalue weighted by molar-refractivity contribution is 5.98. The average molecular weight is 380 g/mol. The number of hydrogen-bond acceptors (Lipinski definition) is 5. The number of primary amides is 1. The lowest BCUT2D eigenvalue weighted by Gasteiger charge is -2.17. The molecule has 0 unspecified atom stereocenters. The van der Waals surface area contributed by atoms with E-state index in [4.69, 9.17) is 10.5 Å². The zero-order valence-electron chi connectivity index (χ0n) is 15.9. The van der Waals surface area contributed by atoms with Crippen LogP contribution in [0, 0.1) is 5.82 Å². The van der Waals surface area contributed by atoms with Crippen molar-refractivity contribution in [3.05, 3.63) is 71.4 Å². The number of benzene rings is 2. The quantitative estimate of drug-likeness (QED) is 0.711. The van der Waals surface area contributed by atoms with E-state index in [1.807, 2.05) is 37.2 Å². The first-order valence-corrected chi connectivity index (χ1v) is 8.64. The maximum Gasteiger partial charge on any atom is 0.250 e. The van der Waals surface area contributed by atoms with Gasteiger partial charge in [0.25, 0.3) is 5.91 Å². The lowest BCUT2D eigenvalue weighted by molar-refractivity contribution is 0.100. The molecule has 0 aliphatic heterocycles. The van der Waals surface area contributed by atoms with Crippen molar-refractivity contribution in [1.82, 2.24) is 9.97 Å². The standard InChI is InChI=1S/C21H21FN4O2/c1-26(2)19-7-4-13(9-17(19)21(23)27)8-15-11-18(25-12-24-15)16-6-5-14(22)10-20(16)28-3/h4-7,9-12H,8H2,1-3H3,(H2,23,27). The van der Waals surface area contributed by atoms with Gasteiger partial charge < -0.3 is 15.4 Å². The van der Waals surface area contributed by atoms with Crippen molar-refractivity contribution in [3.8, 4) is 17.0 Å². The van der Waals surface area contributed by atoms with E-state index in [0.717, 1.165) is 16.9 Å². The smallest absolute Gasteiger partial charge is 0.250 e. The Hall–Kier alpha value is -3.48. The Kier molecular flexibility index (Phi) is 5.54. The van der Waals surface area contributed by atoms with Gasteiger partial charge in [-0.05, 0) is 35.9 Å². The van der Waals surface area contributed by atoms with Crippen LogP contribution in [0.25, 0.3) is 11.3 Å². The van der Waals surface area contributed by atoms with Gasteiger partial charge in [0.15, 0.2) is 0 Å². The molecule has 3 rings (SSSR count). The van der Waals surface area contributed by atoms with Gasteiger partial charge in [0, 0.05) is 43.5 Å². The van der Waals surface area contributed by atoms with E-state index in [1.165, 1.54) is 25.6 Å². The molecule has 0 fully saturated rings. The van der Waals surface area contributed by atoms with Gasteiger partial charge in [0.05, 0.1) is 18.4 Å². The maximum absolute atomic E-state index is 13.5. The summed E-state index contributed by atoms with van der Waals surface area (Å²) in [6, 6.07) is 11.7. The lowest BCUT2D eigenvalue weighted by Crippen LogP contribution is -2.19. The number of carbonyl (C=O) groups excluding carboxylic acids is 1. The summed E-state index contributed by atoms with van der Waals surface area (Å²) in [6.45, 7) is 0. The largest absolute Gasteiger partial charge is 0.496 e. The molecule has 0 spiro atoms. The van der Waals surface area contributed by atoms with Crippen LogP contribution in [0.5, 0.6) is 5.75 Å². The molecule has 0 aliphatic carbocycles. The molecule has 0 saturated heterocycles. The summed E-state index contributed by atoms with van der Waals surface area (Å²) in [4.78, 5) is 22.2. The zero-order valence-corrected chi connectivity index (χ0v) is 15.9. The van der Waals surface area contributed by atoms with Crippen LogP contribution in [0.2, 0.25) is 0 Å². The molecule has 1 aromatic heterocycles. The average Bonchev–Trinajstić information content (AvgIpc) is 2.67. The highest BCUT2D eigenvalue weighted by Crippen LogP contribution is 2.29. The number of anilines is 1. The van der Waals surface area contributed by atoms with Crippen LogP contribution >= 0.6 is 0 Å². The number of amides is 1. The Bertz CT molecular complexity index is 1020. The minimum atomic E-state index is -0.482. The Balaban J connectivity index is 1.94. The topological polar surface area (TPSA) is 81.3 Å². The van der Waals surface area contributed by atoms with Gasteiger partial charge in [-0.15, -0.1) is 0 Å². The highest BCUT2D eigenvalue weighted by Gasteiger charge is 2.13. The van der Waals surface area contributed by atoms with Crippen LogP contribution in [0.4, 0.5) is 10.1 Å². The second-order valence-electron chi connectivity index (χ2n) is 6.53. The Labute approximate surface area is 162 Å². The Morgan fingerprint density at radius 3 is 2.61 bits per heavy atom. The lowest BCUT2D eigenvalue weighted by atomic mass is 10.0. The van der Waals surface area contributed by atoms with Gasteiger partial charge in [-0.1, -0.05) is 6.07 Å². The third-order valence-corrected chi connectivity index (χ3v) is 4.36. The minimum absolute atomic E-state index is 0.380. The predicted octanol–water partition coefficient (Wildman–Crippen LogP) is 3.05. The molecule has 7 heteroatoms. The van der Waals surface area contributed by atoms with Gasteiger partial charge in [0.1, 0.15) is 17.9 Å². The number of ether oxygens (including phenoxy) is 1. The molecule has 2 aromatic carbocycles. The fourth-order valence-electron chi connectivity index (χ4n) is 3.01. The number of aromatic nitrogens is 2. The molecule has 2 N–H and O–H groups in total. The van der Waals surface area contributed by atoms with Crippen LogP contribution < -0.4 is 15.4 Å². The molecule has 0 atom stereocenters. The SMILES string of the molecule is COc1cc(F)ccc1-c1cc(Cc2ccc(N(C)C)c(C(N)=O)c2)ncn1. The van der Waals surface area contributed by atoms with Crippen molar-refractivity contribution in [2.24, 2.45) is 5.73 Å². The van der Waals surface area contributed by atoms with E-state index in [1.54, 1.807) is 12.1 Å². The Morgan fingerprint density at radius 2 is 1.93 bits per heavy atom. The van der Waals surface area contributed by atoms with Crippen molar-refractivity contribution in [1.29, 1.82) is 0 Å². The monoisotopic (exact) mass is 380 g/mol. The summed E-state index contributed by atoms with van der Waals surface area (Å²) < 4.78 is 18.7. The van der Waals surface area contributed by atoms with Gasteiger partial charge in [-0.3, -0.25) is 4.79 Å². The molecule has 3 aromatic rings. The first-order chi connectivity index (χ1) is 13.4. The molecule has 1 amide bonds. The Morgan fingerprint density at radius 1 is 1.14 bits per heavy atom. The molecule has 0 bridgehead atoms. The van der Waals surface area contributed by atoms with E-state index in [2.05, 4.69) is 9.97 Å². The first-order valence-electron chi connectivity index (χ1n) is 8.64. The second-order valence-corrected chi connectivity index (χ2v) is 6.53. The maximum atomic E-state index is 13.5. The normalized spacial score (nSPS) is 10.6. The number of nitrogens with two attached hydrogens (primary N) is 1. The summed E-state index contributed by atoms with van der Waals surface area (Å²) in [5, 5.41) is 0. The van der Waals surface area contributed by atoms with Crippen LogP contribution in [-0.4, -0.2) is 37.1 Å². The molecular weight excluding hydrogens is 359 g/mol. The van der Waals surface area contributed by atoms with E-state index in [9.17, 15) is 9.18 Å². The predicted molar refractivity (Wildman–Crippen MR) is 106 cm³/mol. The van der Waals surface area contributed by atoms with Crippen molar-refractivity contribution in [2.75, 3.05) is 26.1 Å². The number of halogens is 1. The molecule has 144 valence electrons.